The zero-order valence-corrected chi connectivity index (χ0v) is 17.3. The van der Waals surface area contributed by atoms with Gasteiger partial charge in [0.15, 0.2) is 11.7 Å². The highest BCUT2D eigenvalue weighted by Gasteiger charge is 2.48. The minimum absolute atomic E-state index is 0.229. The maximum absolute atomic E-state index is 13.8. The predicted molar refractivity (Wildman–Crippen MR) is 107 cm³/mol. The van der Waals surface area contributed by atoms with Gasteiger partial charge in [-0.05, 0) is 23.6 Å². The van der Waals surface area contributed by atoms with Crippen LogP contribution in [0.15, 0.2) is 41.8 Å². The first-order valence-corrected chi connectivity index (χ1v) is 10.3. The van der Waals surface area contributed by atoms with E-state index in [-0.39, 0.29) is 5.82 Å². The van der Waals surface area contributed by atoms with E-state index < -0.39 is 58.7 Å². The first-order chi connectivity index (χ1) is 15.0. The molecule has 2 N–H and O–H groups in total. The molecule has 0 bridgehead atoms. The van der Waals surface area contributed by atoms with E-state index in [0.717, 1.165) is 18.2 Å². The molecule has 13 heteroatoms. The second-order valence-corrected chi connectivity index (χ2v) is 8.32. The van der Waals surface area contributed by atoms with Gasteiger partial charge in [0.25, 0.3) is 5.91 Å². The highest BCUT2D eigenvalue weighted by molar-refractivity contribution is 7.10. The van der Waals surface area contributed by atoms with Crippen molar-refractivity contribution in [2.75, 3.05) is 10.6 Å². The number of hydrogen-bond acceptors (Lipinski definition) is 4. The average Bonchev–Trinajstić information content (AvgIpc) is 3.35. The number of para-hydroxylation sites is 1. The molecule has 1 aromatic carbocycles. The van der Waals surface area contributed by atoms with E-state index >= 15 is 0 Å². The fraction of sp³-hybridized carbons (Fsp3) is 0.263. The summed E-state index contributed by atoms with van der Waals surface area (Å²) in [6, 6.07) is 4.75. The number of rotatable bonds is 3. The van der Waals surface area contributed by atoms with Crippen LogP contribution in [0.4, 0.5) is 37.8 Å². The lowest BCUT2D eigenvalue weighted by molar-refractivity contribution is -0.173. The molecule has 0 radical (unpaired) electrons. The summed E-state index contributed by atoms with van der Waals surface area (Å²) in [5, 5.41) is 9.93. The van der Waals surface area contributed by atoms with E-state index in [4.69, 9.17) is 11.6 Å². The van der Waals surface area contributed by atoms with Crippen LogP contribution in [0.25, 0.3) is 0 Å². The Morgan fingerprint density at radius 2 is 1.88 bits per heavy atom. The Labute approximate surface area is 186 Å². The molecule has 3 aromatic rings. The minimum Gasteiger partial charge on any atom is -0.361 e. The molecule has 2 atom stereocenters. The summed E-state index contributed by atoms with van der Waals surface area (Å²) in [6.45, 7) is 0. The van der Waals surface area contributed by atoms with Crippen molar-refractivity contribution in [3.8, 4) is 0 Å². The predicted octanol–water partition coefficient (Wildman–Crippen LogP) is 6.53. The molecule has 1 amide bonds. The van der Waals surface area contributed by atoms with Crippen molar-refractivity contribution in [1.82, 2.24) is 9.78 Å². The summed E-state index contributed by atoms with van der Waals surface area (Å²) < 4.78 is 81.4. The Morgan fingerprint density at radius 1 is 1.16 bits per heavy atom. The molecule has 0 saturated carbocycles. The number of hydrogen-bond donors (Lipinski definition) is 2. The van der Waals surface area contributed by atoms with Gasteiger partial charge in [0.2, 0.25) is 0 Å². The van der Waals surface area contributed by atoms with E-state index in [1.807, 2.05) is 5.32 Å². The van der Waals surface area contributed by atoms with Crippen LogP contribution in [0.5, 0.6) is 0 Å². The molecular formula is C19H13ClF6N4OS. The molecule has 0 saturated heterocycles. The Kier molecular flexibility index (Phi) is 5.61. The van der Waals surface area contributed by atoms with Gasteiger partial charge < -0.3 is 10.6 Å². The molecule has 0 aliphatic carbocycles. The molecule has 1 aliphatic rings. The SMILES string of the molecule is O=C(Nc1ccccc1C(F)(F)F)c1nn2c(c1Cl)N[C@H](c1cccs1)C[C@H]2C(F)(F)F. The number of halogens is 7. The van der Waals surface area contributed by atoms with Gasteiger partial charge >= 0.3 is 12.4 Å². The Morgan fingerprint density at radius 3 is 2.50 bits per heavy atom. The molecule has 0 unspecified atom stereocenters. The molecule has 170 valence electrons. The molecule has 5 nitrogen and oxygen atoms in total. The van der Waals surface area contributed by atoms with Crippen LogP contribution in [-0.2, 0) is 6.18 Å². The van der Waals surface area contributed by atoms with Crippen molar-refractivity contribution in [2.24, 2.45) is 0 Å². The van der Waals surface area contributed by atoms with Crippen LogP contribution in [0.2, 0.25) is 5.02 Å². The molecule has 2 aromatic heterocycles. The van der Waals surface area contributed by atoms with Gasteiger partial charge in [-0.1, -0.05) is 29.8 Å². The zero-order valence-electron chi connectivity index (χ0n) is 15.8. The first kappa shape index (κ1) is 22.5. The van der Waals surface area contributed by atoms with Crippen LogP contribution in [0, 0.1) is 0 Å². The van der Waals surface area contributed by atoms with Crippen LogP contribution < -0.4 is 10.6 Å². The minimum atomic E-state index is -4.75. The zero-order chi connectivity index (χ0) is 23.3. The van der Waals surface area contributed by atoms with Crippen LogP contribution in [0.1, 0.15) is 39.4 Å². The number of thiophene rings is 1. The Hall–Kier alpha value is -2.73. The van der Waals surface area contributed by atoms with E-state index in [9.17, 15) is 31.1 Å². The number of fused-ring (bicyclic) bond motifs is 1. The molecular weight excluding hydrogens is 482 g/mol. The largest absolute Gasteiger partial charge is 0.418 e. The third-order valence-corrected chi connectivity index (χ3v) is 6.22. The van der Waals surface area contributed by atoms with Gasteiger partial charge in [-0.25, -0.2) is 4.68 Å². The van der Waals surface area contributed by atoms with Crippen molar-refractivity contribution < 1.29 is 31.1 Å². The van der Waals surface area contributed by atoms with Gasteiger partial charge in [-0.3, -0.25) is 4.79 Å². The first-order valence-electron chi connectivity index (χ1n) is 9.09. The summed E-state index contributed by atoms with van der Waals surface area (Å²) in [6.07, 6.45) is -9.84. The van der Waals surface area contributed by atoms with Gasteiger partial charge in [-0.2, -0.15) is 31.4 Å². The van der Waals surface area contributed by atoms with Gasteiger partial charge in [0, 0.05) is 11.3 Å². The van der Waals surface area contributed by atoms with Crippen molar-refractivity contribution in [3.05, 3.63) is 62.9 Å². The van der Waals surface area contributed by atoms with Crippen molar-refractivity contribution in [2.45, 2.75) is 30.9 Å². The number of nitrogens with zero attached hydrogens (tertiary/aromatic N) is 2. The maximum Gasteiger partial charge on any atom is 0.418 e. The number of benzene rings is 1. The van der Waals surface area contributed by atoms with Crippen molar-refractivity contribution in [3.63, 3.8) is 0 Å². The third-order valence-electron chi connectivity index (χ3n) is 4.88. The summed E-state index contributed by atoms with van der Waals surface area (Å²) >= 11 is 7.44. The molecule has 4 rings (SSSR count). The maximum atomic E-state index is 13.8. The second kappa shape index (κ2) is 8.00. The standard InChI is InChI=1S/C19H13ClF6N4OS/c20-14-15(17(31)28-10-5-2-1-4-9(10)18(21,22)23)29-30-13(19(24,25)26)8-11(27-16(14)30)12-6-3-7-32-12/h1-7,11,13,27H,8H2,(H,28,31)/t11-,13-/m0/s1. The summed E-state index contributed by atoms with van der Waals surface area (Å²) in [5.41, 5.74) is -2.30. The molecule has 32 heavy (non-hydrogen) atoms. The quantitative estimate of drug-likeness (QED) is 0.407. The van der Waals surface area contributed by atoms with E-state index in [1.165, 1.54) is 17.4 Å². The smallest absolute Gasteiger partial charge is 0.361 e. The van der Waals surface area contributed by atoms with Crippen molar-refractivity contribution in [1.29, 1.82) is 0 Å². The lowest BCUT2D eigenvalue weighted by Crippen LogP contribution is -2.35. The lowest BCUT2D eigenvalue weighted by atomic mass is 10.0. The van der Waals surface area contributed by atoms with E-state index in [2.05, 4.69) is 10.4 Å². The Balaban J connectivity index is 1.71. The fourth-order valence-corrected chi connectivity index (χ4v) is 4.49. The highest BCUT2D eigenvalue weighted by Crippen LogP contribution is 2.47. The molecule has 0 spiro atoms. The molecule has 3 heterocycles. The average molecular weight is 495 g/mol. The van der Waals surface area contributed by atoms with E-state index in [1.54, 1.807) is 17.5 Å². The van der Waals surface area contributed by atoms with Crippen LogP contribution >= 0.6 is 22.9 Å². The topological polar surface area (TPSA) is 59.0 Å². The van der Waals surface area contributed by atoms with Gasteiger partial charge in [-0.15, -0.1) is 11.3 Å². The monoisotopic (exact) mass is 494 g/mol. The second-order valence-electron chi connectivity index (χ2n) is 6.96. The number of carbonyl (C=O) groups excluding carboxylic acids is 1. The number of anilines is 2. The van der Waals surface area contributed by atoms with Crippen LogP contribution in [0.3, 0.4) is 0 Å². The fourth-order valence-electron chi connectivity index (χ4n) is 3.43. The summed E-state index contributed by atoms with van der Waals surface area (Å²) in [7, 11) is 0. The van der Waals surface area contributed by atoms with Crippen LogP contribution in [-0.4, -0.2) is 21.9 Å². The lowest BCUT2D eigenvalue weighted by Gasteiger charge is -2.32. The number of nitrogens with one attached hydrogen (secondary N) is 2. The number of alkyl halides is 6. The normalized spacial score (nSPS) is 18.7. The molecule has 1 aliphatic heterocycles. The van der Waals surface area contributed by atoms with Gasteiger partial charge in [0.1, 0.15) is 10.8 Å². The highest BCUT2D eigenvalue weighted by atomic mass is 35.5. The number of amides is 1. The number of carbonyl (C=O) groups is 1. The van der Waals surface area contributed by atoms with Crippen molar-refractivity contribution >= 4 is 40.4 Å². The van der Waals surface area contributed by atoms with E-state index in [0.29, 0.717) is 9.56 Å². The third kappa shape index (κ3) is 4.16. The summed E-state index contributed by atoms with van der Waals surface area (Å²) in [4.78, 5) is 13.3. The van der Waals surface area contributed by atoms with Gasteiger partial charge in [0.05, 0.1) is 17.3 Å². The number of aromatic nitrogens is 2. The molecule has 0 fully saturated rings. The summed E-state index contributed by atoms with van der Waals surface area (Å²) in [5.74, 6) is -1.39. The Bertz CT molecular complexity index is 1140.